The summed E-state index contributed by atoms with van der Waals surface area (Å²) in [4.78, 5) is 19.3. The molecule has 3 aliphatic rings. The zero-order valence-corrected chi connectivity index (χ0v) is 16.0. The van der Waals surface area contributed by atoms with Gasteiger partial charge >= 0.3 is 0 Å². The van der Waals surface area contributed by atoms with Crippen LogP contribution in [0.1, 0.15) is 51.0 Å². The number of rotatable bonds is 6. The van der Waals surface area contributed by atoms with Crippen LogP contribution in [0.4, 0.5) is 0 Å². The summed E-state index contributed by atoms with van der Waals surface area (Å²) >= 11 is 1.49. The number of nitrogens with zero attached hydrogens (tertiary/aromatic N) is 3. The molecule has 8 heteroatoms. The molecule has 1 amide bonds. The van der Waals surface area contributed by atoms with Crippen LogP contribution in [0.3, 0.4) is 0 Å². The highest BCUT2D eigenvalue weighted by Crippen LogP contribution is 2.38. The normalized spacial score (nSPS) is 26.2. The van der Waals surface area contributed by atoms with Gasteiger partial charge in [-0.2, -0.15) is 0 Å². The van der Waals surface area contributed by atoms with Gasteiger partial charge in [0.05, 0.1) is 17.3 Å². The molecule has 6 nitrogen and oxygen atoms in total. The molecular weight excluding hydrogens is 358 g/mol. The summed E-state index contributed by atoms with van der Waals surface area (Å²) in [6, 6.07) is 0.630. The molecule has 2 heterocycles. The average molecular weight is 384 g/mol. The molecular formula is C17H25N3O3S2. The summed E-state index contributed by atoms with van der Waals surface area (Å²) in [5, 5.41) is 0.904. The maximum atomic E-state index is 13.0. The van der Waals surface area contributed by atoms with Gasteiger partial charge in [-0.1, -0.05) is 24.6 Å². The lowest BCUT2D eigenvalue weighted by molar-refractivity contribution is -0.132. The molecule has 0 aromatic carbocycles. The summed E-state index contributed by atoms with van der Waals surface area (Å²) in [5.74, 6) is 0.769. The molecule has 4 rings (SSSR count). The number of imidazole rings is 1. The first kappa shape index (κ1) is 17.4. The zero-order chi connectivity index (χ0) is 17.4. The fourth-order valence-corrected chi connectivity index (χ4v) is 6.73. The summed E-state index contributed by atoms with van der Waals surface area (Å²) in [7, 11) is -2.99. The Morgan fingerprint density at radius 3 is 2.60 bits per heavy atom. The number of aromatic nitrogens is 2. The molecule has 3 fully saturated rings. The Labute approximate surface area is 153 Å². The SMILES string of the molecule is O=C(CSc1nccn1C1CC1)N(C1CCCC1)C1CCS(=O)(=O)C1. The van der Waals surface area contributed by atoms with E-state index in [1.807, 2.05) is 11.1 Å². The third-order valence-corrected chi connectivity index (χ3v) is 8.22. The molecule has 1 aromatic heterocycles. The van der Waals surface area contributed by atoms with E-state index >= 15 is 0 Å². The number of carbonyl (C=O) groups excluding carboxylic acids is 1. The highest BCUT2D eigenvalue weighted by Gasteiger charge is 2.39. The van der Waals surface area contributed by atoms with E-state index in [-0.39, 0.29) is 29.5 Å². The van der Waals surface area contributed by atoms with Crippen LogP contribution in [-0.4, -0.2) is 58.1 Å². The maximum Gasteiger partial charge on any atom is 0.233 e. The molecule has 25 heavy (non-hydrogen) atoms. The molecule has 0 spiro atoms. The smallest absolute Gasteiger partial charge is 0.233 e. The van der Waals surface area contributed by atoms with E-state index in [4.69, 9.17) is 0 Å². The summed E-state index contributed by atoms with van der Waals surface area (Å²) in [5.41, 5.74) is 0. The van der Waals surface area contributed by atoms with Crippen molar-refractivity contribution in [2.45, 2.75) is 68.2 Å². The first-order valence-corrected chi connectivity index (χ1v) is 12.0. The highest BCUT2D eigenvalue weighted by atomic mass is 32.2. The van der Waals surface area contributed by atoms with Crippen LogP contribution < -0.4 is 0 Å². The van der Waals surface area contributed by atoms with Gasteiger partial charge in [-0.3, -0.25) is 4.79 Å². The van der Waals surface area contributed by atoms with Gasteiger partial charge < -0.3 is 9.47 Å². The van der Waals surface area contributed by atoms with Gasteiger partial charge in [0, 0.05) is 30.5 Å². The number of hydrogen-bond donors (Lipinski definition) is 0. The third kappa shape index (κ3) is 3.89. The second kappa shape index (κ2) is 6.95. The highest BCUT2D eigenvalue weighted by molar-refractivity contribution is 7.99. The largest absolute Gasteiger partial charge is 0.335 e. The van der Waals surface area contributed by atoms with E-state index in [1.165, 1.54) is 24.6 Å². The Kier molecular flexibility index (Phi) is 4.83. The molecule has 1 saturated heterocycles. The topological polar surface area (TPSA) is 72.3 Å². The number of thioether (sulfide) groups is 1. The molecule has 2 aliphatic carbocycles. The number of sulfone groups is 1. The maximum absolute atomic E-state index is 13.0. The predicted octanol–water partition coefficient (Wildman–Crippen LogP) is 2.27. The molecule has 0 bridgehead atoms. The van der Waals surface area contributed by atoms with Crippen molar-refractivity contribution in [1.29, 1.82) is 0 Å². The summed E-state index contributed by atoms with van der Waals surface area (Å²) in [6.45, 7) is 0. The number of amides is 1. The van der Waals surface area contributed by atoms with Crippen molar-refractivity contribution < 1.29 is 13.2 Å². The van der Waals surface area contributed by atoms with Crippen molar-refractivity contribution in [3.05, 3.63) is 12.4 Å². The van der Waals surface area contributed by atoms with Crippen LogP contribution in [0.5, 0.6) is 0 Å². The lowest BCUT2D eigenvalue weighted by Crippen LogP contribution is -2.47. The molecule has 0 N–H and O–H groups in total. The first-order chi connectivity index (χ1) is 12.0. The van der Waals surface area contributed by atoms with Crippen molar-refractivity contribution >= 4 is 27.5 Å². The van der Waals surface area contributed by atoms with Crippen LogP contribution in [0.2, 0.25) is 0 Å². The Balaban J connectivity index is 1.44. The predicted molar refractivity (Wildman–Crippen MR) is 97.4 cm³/mol. The quantitative estimate of drug-likeness (QED) is 0.705. The minimum absolute atomic E-state index is 0.0735. The molecule has 0 radical (unpaired) electrons. The Morgan fingerprint density at radius 1 is 1.20 bits per heavy atom. The van der Waals surface area contributed by atoms with Crippen LogP contribution in [0.15, 0.2) is 17.6 Å². The minimum atomic E-state index is -2.99. The zero-order valence-electron chi connectivity index (χ0n) is 14.3. The second-order valence-electron chi connectivity index (χ2n) is 7.43. The van der Waals surface area contributed by atoms with Gasteiger partial charge in [-0.15, -0.1) is 0 Å². The van der Waals surface area contributed by atoms with Crippen LogP contribution in [-0.2, 0) is 14.6 Å². The molecule has 2 saturated carbocycles. The molecule has 1 atom stereocenters. The van der Waals surface area contributed by atoms with Gasteiger partial charge in [0.15, 0.2) is 15.0 Å². The van der Waals surface area contributed by atoms with Gasteiger partial charge in [0.1, 0.15) is 0 Å². The fraction of sp³-hybridized carbons (Fsp3) is 0.765. The van der Waals surface area contributed by atoms with E-state index < -0.39 is 9.84 Å². The summed E-state index contributed by atoms with van der Waals surface area (Å²) in [6.07, 6.45) is 11.0. The van der Waals surface area contributed by atoms with E-state index in [1.54, 1.807) is 6.20 Å². The van der Waals surface area contributed by atoms with Gasteiger partial charge in [0.2, 0.25) is 5.91 Å². The minimum Gasteiger partial charge on any atom is -0.335 e. The third-order valence-electron chi connectivity index (χ3n) is 5.51. The Bertz CT molecular complexity index is 736. The molecule has 1 aliphatic heterocycles. The first-order valence-electron chi connectivity index (χ1n) is 9.21. The van der Waals surface area contributed by atoms with Crippen molar-refractivity contribution in [3.8, 4) is 0 Å². The fourth-order valence-electron chi connectivity index (χ4n) is 4.13. The van der Waals surface area contributed by atoms with E-state index in [2.05, 4.69) is 9.55 Å². The van der Waals surface area contributed by atoms with Crippen LogP contribution in [0.25, 0.3) is 0 Å². The van der Waals surface area contributed by atoms with Gasteiger partial charge in [0.25, 0.3) is 0 Å². The van der Waals surface area contributed by atoms with Crippen molar-refractivity contribution in [2.24, 2.45) is 0 Å². The standard InChI is InChI=1S/C17H25N3O3S2/c21-16(11-24-17-18-8-9-19(17)13-5-6-13)20(14-3-1-2-4-14)15-7-10-25(22,23)12-15/h8-9,13-15H,1-7,10-12H2. The molecule has 1 unspecified atom stereocenters. The Morgan fingerprint density at radius 2 is 1.96 bits per heavy atom. The lowest BCUT2D eigenvalue weighted by atomic mass is 10.1. The monoisotopic (exact) mass is 383 g/mol. The van der Waals surface area contributed by atoms with E-state index in [0.717, 1.165) is 30.8 Å². The van der Waals surface area contributed by atoms with Crippen molar-refractivity contribution in [1.82, 2.24) is 14.5 Å². The van der Waals surface area contributed by atoms with Crippen molar-refractivity contribution in [2.75, 3.05) is 17.3 Å². The average Bonchev–Trinajstić information content (AvgIpc) is 2.99. The van der Waals surface area contributed by atoms with E-state index in [0.29, 0.717) is 18.2 Å². The number of carbonyl (C=O) groups is 1. The van der Waals surface area contributed by atoms with Gasteiger partial charge in [-0.05, 0) is 32.1 Å². The van der Waals surface area contributed by atoms with Crippen LogP contribution in [0, 0.1) is 0 Å². The van der Waals surface area contributed by atoms with Crippen LogP contribution >= 0.6 is 11.8 Å². The molecule has 1 aromatic rings. The van der Waals surface area contributed by atoms with Gasteiger partial charge in [-0.25, -0.2) is 13.4 Å². The number of hydrogen-bond acceptors (Lipinski definition) is 5. The Hall–Kier alpha value is -1.02. The molecule has 138 valence electrons. The van der Waals surface area contributed by atoms with E-state index in [9.17, 15) is 13.2 Å². The lowest BCUT2D eigenvalue weighted by Gasteiger charge is -2.34. The van der Waals surface area contributed by atoms with Crippen molar-refractivity contribution in [3.63, 3.8) is 0 Å². The summed E-state index contributed by atoms with van der Waals surface area (Å²) < 4.78 is 26.0. The second-order valence-corrected chi connectivity index (χ2v) is 10.6.